The fourth-order valence-corrected chi connectivity index (χ4v) is 1.96. The number of amides is 1. The van der Waals surface area contributed by atoms with E-state index in [2.05, 4.69) is 15.4 Å². The summed E-state index contributed by atoms with van der Waals surface area (Å²) >= 11 is 11.6. The highest BCUT2D eigenvalue weighted by Crippen LogP contribution is 2.23. The lowest BCUT2D eigenvalue weighted by molar-refractivity contribution is 0.0692. The molecular formula is C11H8Cl2N4O3. The predicted molar refractivity (Wildman–Crippen MR) is 72.4 cm³/mol. The molecule has 0 saturated heterocycles. The number of hydrogen-bond acceptors (Lipinski definition) is 4. The second-order valence-electron chi connectivity index (χ2n) is 3.77. The van der Waals surface area contributed by atoms with Gasteiger partial charge in [-0.25, -0.2) is 9.78 Å². The molecule has 0 atom stereocenters. The summed E-state index contributed by atoms with van der Waals surface area (Å²) in [6.45, 7) is 0. The molecule has 0 saturated carbocycles. The summed E-state index contributed by atoms with van der Waals surface area (Å²) in [4.78, 5) is 27.0. The zero-order valence-corrected chi connectivity index (χ0v) is 11.6. The molecule has 2 heterocycles. The van der Waals surface area contributed by atoms with Gasteiger partial charge in [-0.2, -0.15) is 5.10 Å². The summed E-state index contributed by atoms with van der Waals surface area (Å²) in [6, 6.07) is 1.41. The van der Waals surface area contributed by atoms with E-state index in [0.29, 0.717) is 5.02 Å². The van der Waals surface area contributed by atoms with E-state index in [-0.39, 0.29) is 22.1 Å². The average Bonchev–Trinajstić information content (AvgIpc) is 2.75. The smallest absolute Gasteiger partial charge is 0.339 e. The van der Waals surface area contributed by atoms with Crippen LogP contribution in [0.2, 0.25) is 10.0 Å². The molecule has 0 bridgehead atoms. The zero-order valence-electron chi connectivity index (χ0n) is 10.1. The molecule has 0 aliphatic carbocycles. The molecule has 0 fully saturated rings. The van der Waals surface area contributed by atoms with E-state index in [9.17, 15) is 9.59 Å². The van der Waals surface area contributed by atoms with Crippen LogP contribution in [0.15, 0.2) is 18.5 Å². The van der Waals surface area contributed by atoms with Gasteiger partial charge in [0.05, 0.1) is 16.2 Å². The highest BCUT2D eigenvalue weighted by atomic mass is 35.5. The molecule has 2 aromatic heterocycles. The summed E-state index contributed by atoms with van der Waals surface area (Å²) < 4.78 is 1.16. The molecular weight excluding hydrogens is 307 g/mol. The van der Waals surface area contributed by atoms with E-state index in [0.717, 1.165) is 10.9 Å². The number of carboxylic acid groups (broad SMARTS) is 1. The minimum absolute atomic E-state index is 0.0820. The van der Waals surface area contributed by atoms with Crippen LogP contribution in [0.4, 0.5) is 5.82 Å². The molecule has 0 aliphatic heterocycles. The third-order valence-corrected chi connectivity index (χ3v) is 2.92. The second-order valence-corrected chi connectivity index (χ2v) is 4.62. The number of carboxylic acids is 1. The van der Waals surface area contributed by atoms with Gasteiger partial charge < -0.3 is 10.4 Å². The molecule has 7 nitrogen and oxygen atoms in total. The number of aromatic carboxylic acids is 1. The van der Waals surface area contributed by atoms with Gasteiger partial charge in [0, 0.05) is 13.2 Å². The summed E-state index contributed by atoms with van der Waals surface area (Å²) in [5.74, 6) is -1.85. The first-order valence-electron chi connectivity index (χ1n) is 5.28. The number of carbonyl (C=O) groups excluding carboxylic acids is 1. The molecule has 2 aromatic rings. The Balaban J connectivity index is 2.33. The first-order valence-corrected chi connectivity index (χ1v) is 6.03. The van der Waals surface area contributed by atoms with Gasteiger partial charge >= 0.3 is 5.97 Å². The molecule has 2 rings (SSSR count). The number of hydrogen-bond donors (Lipinski definition) is 2. The molecule has 0 aliphatic rings. The Morgan fingerprint density at radius 2 is 2.05 bits per heavy atom. The molecule has 2 N–H and O–H groups in total. The zero-order chi connectivity index (χ0) is 14.9. The van der Waals surface area contributed by atoms with Crippen molar-refractivity contribution in [2.45, 2.75) is 0 Å². The molecule has 0 aromatic carbocycles. The Hall–Kier alpha value is -2.12. The number of nitrogens with one attached hydrogen (secondary N) is 1. The maximum Gasteiger partial charge on any atom is 0.339 e. The number of nitrogens with zero attached hydrogens (tertiary/aromatic N) is 3. The Morgan fingerprint density at radius 3 is 2.65 bits per heavy atom. The summed E-state index contributed by atoms with van der Waals surface area (Å²) in [6.07, 6.45) is 2.40. The maximum absolute atomic E-state index is 12.1. The third kappa shape index (κ3) is 2.73. The van der Waals surface area contributed by atoms with Crippen LogP contribution in [-0.2, 0) is 7.05 Å². The largest absolute Gasteiger partial charge is 0.478 e. The number of anilines is 1. The van der Waals surface area contributed by atoms with Gasteiger partial charge in [-0.15, -0.1) is 0 Å². The Labute approximate surface area is 123 Å². The van der Waals surface area contributed by atoms with Gasteiger partial charge in [-0.05, 0) is 6.07 Å². The molecule has 0 radical (unpaired) electrons. The fourth-order valence-electron chi connectivity index (χ4n) is 1.54. The summed E-state index contributed by atoms with van der Waals surface area (Å²) in [7, 11) is 1.46. The van der Waals surface area contributed by atoms with Crippen molar-refractivity contribution in [3.05, 3.63) is 39.8 Å². The van der Waals surface area contributed by atoms with Gasteiger partial charge in [0.25, 0.3) is 5.91 Å². The molecule has 104 valence electrons. The van der Waals surface area contributed by atoms with Gasteiger partial charge in [0.1, 0.15) is 11.3 Å². The number of halogens is 2. The van der Waals surface area contributed by atoms with Crippen LogP contribution in [0.3, 0.4) is 0 Å². The van der Waals surface area contributed by atoms with Crippen LogP contribution in [0.5, 0.6) is 0 Å². The van der Waals surface area contributed by atoms with E-state index in [1.165, 1.54) is 19.3 Å². The highest BCUT2D eigenvalue weighted by Gasteiger charge is 2.22. The number of aromatic nitrogens is 3. The quantitative estimate of drug-likeness (QED) is 0.903. The average molecular weight is 315 g/mol. The third-order valence-electron chi connectivity index (χ3n) is 2.42. The highest BCUT2D eigenvalue weighted by molar-refractivity contribution is 6.36. The number of pyridine rings is 1. The van der Waals surface area contributed by atoms with Crippen molar-refractivity contribution in [3.8, 4) is 0 Å². The topological polar surface area (TPSA) is 97.1 Å². The van der Waals surface area contributed by atoms with E-state index in [1.807, 2.05) is 0 Å². The molecule has 0 spiro atoms. The predicted octanol–water partition coefficient (Wildman–Crippen LogP) is 2.07. The lowest BCUT2D eigenvalue weighted by atomic mass is 10.2. The summed E-state index contributed by atoms with van der Waals surface area (Å²) in [5.41, 5.74) is -0.319. The molecule has 20 heavy (non-hydrogen) atoms. The van der Waals surface area contributed by atoms with E-state index < -0.39 is 11.9 Å². The fraction of sp³-hybridized carbons (Fsp3) is 0.0909. The van der Waals surface area contributed by atoms with Crippen molar-refractivity contribution >= 4 is 40.9 Å². The van der Waals surface area contributed by atoms with Crippen molar-refractivity contribution < 1.29 is 14.7 Å². The minimum Gasteiger partial charge on any atom is -0.478 e. The Bertz CT molecular complexity index is 699. The van der Waals surface area contributed by atoms with Crippen LogP contribution in [0.25, 0.3) is 0 Å². The number of rotatable bonds is 3. The van der Waals surface area contributed by atoms with Crippen molar-refractivity contribution in [3.63, 3.8) is 0 Å². The molecule has 0 unspecified atom stereocenters. The SMILES string of the molecule is Cn1ncc(C(=O)O)c1C(=O)Nc1ncc(Cl)cc1Cl. The van der Waals surface area contributed by atoms with Crippen LogP contribution in [0.1, 0.15) is 20.8 Å². The van der Waals surface area contributed by atoms with Crippen LogP contribution < -0.4 is 5.32 Å². The van der Waals surface area contributed by atoms with Gasteiger partial charge in [-0.1, -0.05) is 23.2 Å². The monoisotopic (exact) mass is 314 g/mol. The molecule has 9 heteroatoms. The van der Waals surface area contributed by atoms with Crippen LogP contribution in [-0.4, -0.2) is 31.7 Å². The van der Waals surface area contributed by atoms with E-state index in [1.54, 1.807) is 0 Å². The van der Waals surface area contributed by atoms with Crippen molar-refractivity contribution in [1.82, 2.24) is 14.8 Å². The van der Waals surface area contributed by atoms with Crippen molar-refractivity contribution in [2.24, 2.45) is 7.05 Å². The number of carbonyl (C=O) groups is 2. The lowest BCUT2D eigenvalue weighted by Gasteiger charge is -2.07. The minimum atomic E-state index is -1.25. The van der Waals surface area contributed by atoms with Crippen LogP contribution >= 0.6 is 23.2 Å². The Morgan fingerprint density at radius 1 is 1.35 bits per heavy atom. The van der Waals surface area contributed by atoms with Crippen molar-refractivity contribution in [2.75, 3.05) is 5.32 Å². The van der Waals surface area contributed by atoms with Crippen molar-refractivity contribution in [1.29, 1.82) is 0 Å². The van der Waals surface area contributed by atoms with Gasteiger partial charge in [0.2, 0.25) is 0 Å². The number of aryl methyl sites for hydroxylation is 1. The maximum atomic E-state index is 12.1. The van der Waals surface area contributed by atoms with Gasteiger partial charge in [0.15, 0.2) is 5.82 Å². The summed E-state index contributed by atoms with van der Waals surface area (Å²) in [5, 5.41) is 15.6. The first kappa shape index (κ1) is 14.3. The second kappa shape index (κ2) is 5.48. The Kier molecular flexibility index (Phi) is 3.91. The van der Waals surface area contributed by atoms with Gasteiger partial charge in [-0.3, -0.25) is 9.48 Å². The standard InChI is InChI=1S/C11H8Cl2N4O3/c1-17-8(6(4-15-17)11(19)20)10(18)16-9-7(13)2-5(12)3-14-9/h2-4H,1H3,(H,19,20)(H,14,16,18). The van der Waals surface area contributed by atoms with E-state index in [4.69, 9.17) is 28.3 Å². The van der Waals surface area contributed by atoms with E-state index >= 15 is 0 Å². The molecule has 1 amide bonds. The van der Waals surface area contributed by atoms with Crippen LogP contribution in [0, 0.1) is 0 Å². The first-order chi connectivity index (χ1) is 9.40. The lowest BCUT2D eigenvalue weighted by Crippen LogP contribution is -2.20. The normalized spacial score (nSPS) is 10.3.